The van der Waals surface area contributed by atoms with Gasteiger partial charge in [0.15, 0.2) is 0 Å². The quantitative estimate of drug-likeness (QED) is 0.492. The lowest BCUT2D eigenvalue weighted by molar-refractivity contribution is -0.131. The third-order valence-electron chi connectivity index (χ3n) is 3.57. The predicted molar refractivity (Wildman–Crippen MR) is 67.7 cm³/mol. The van der Waals surface area contributed by atoms with Crippen molar-refractivity contribution < 1.29 is 14.3 Å². The van der Waals surface area contributed by atoms with Crippen molar-refractivity contribution in [3.05, 3.63) is 0 Å². The van der Waals surface area contributed by atoms with E-state index in [2.05, 4.69) is 10.1 Å². The average molecular weight is 257 g/mol. The molecule has 0 unspecified atom stereocenters. The first-order chi connectivity index (χ1) is 8.60. The zero-order chi connectivity index (χ0) is 13.4. The first-order valence-electron chi connectivity index (χ1n) is 6.51. The lowest BCUT2D eigenvalue weighted by Crippen LogP contribution is -2.46. The molecule has 0 saturated heterocycles. The fourth-order valence-corrected chi connectivity index (χ4v) is 2.43. The largest absolute Gasteiger partial charge is 0.448 e. The second-order valence-electron chi connectivity index (χ2n) is 4.82. The van der Waals surface area contributed by atoms with E-state index in [-0.39, 0.29) is 19.1 Å². The molecule has 0 aromatic carbocycles. The molecular weight excluding hydrogens is 234 g/mol. The fraction of sp³-hybridized carbons (Fsp3) is 0.833. The minimum absolute atomic E-state index is 0.0278. The van der Waals surface area contributed by atoms with Crippen molar-refractivity contribution in [3.63, 3.8) is 0 Å². The highest BCUT2D eigenvalue weighted by molar-refractivity contribution is 5.82. The van der Waals surface area contributed by atoms with Gasteiger partial charge in [-0.3, -0.25) is 4.79 Å². The summed E-state index contributed by atoms with van der Waals surface area (Å²) >= 11 is 0. The van der Waals surface area contributed by atoms with Crippen molar-refractivity contribution in [1.82, 2.24) is 5.32 Å². The summed E-state index contributed by atoms with van der Waals surface area (Å²) < 4.78 is 4.56. The Balaban J connectivity index is 2.42. The van der Waals surface area contributed by atoms with Gasteiger partial charge in [0.1, 0.15) is 6.61 Å². The molecule has 1 rings (SSSR count). The lowest BCUT2D eigenvalue weighted by atomic mass is 9.79. The second-order valence-corrected chi connectivity index (χ2v) is 4.82. The van der Waals surface area contributed by atoms with E-state index in [1.807, 2.05) is 0 Å². The highest BCUT2D eigenvalue weighted by atomic mass is 16.5. The summed E-state index contributed by atoms with van der Waals surface area (Å²) in [5, 5.41) is 2.78. The number of hydrogen-bond donors (Lipinski definition) is 3. The standard InChI is InChI=1S/C12H23N3O3/c13-9-12(5-3-1-2-4-6-12)10(16)15-7-8-18-11(14)17/h1-9,13H2,(H2,14,17)(H,15,16). The number of primary amides is 1. The summed E-state index contributed by atoms with van der Waals surface area (Å²) in [6, 6.07) is 0. The number of nitrogens with one attached hydrogen (secondary N) is 1. The molecule has 6 nitrogen and oxygen atoms in total. The van der Waals surface area contributed by atoms with Gasteiger partial charge in [-0.05, 0) is 12.8 Å². The van der Waals surface area contributed by atoms with Crippen LogP contribution in [-0.4, -0.2) is 31.7 Å². The topological polar surface area (TPSA) is 107 Å². The van der Waals surface area contributed by atoms with Gasteiger partial charge in [0, 0.05) is 6.54 Å². The van der Waals surface area contributed by atoms with Gasteiger partial charge < -0.3 is 21.5 Å². The van der Waals surface area contributed by atoms with E-state index < -0.39 is 11.5 Å². The Morgan fingerprint density at radius 2 is 1.78 bits per heavy atom. The van der Waals surface area contributed by atoms with Gasteiger partial charge in [-0.25, -0.2) is 4.79 Å². The first-order valence-corrected chi connectivity index (χ1v) is 6.51. The van der Waals surface area contributed by atoms with Crippen LogP contribution in [0.2, 0.25) is 0 Å². The summed E-state index contributed by atoms with van der Waals surface area (Å²) in [5.41, 5.74) is 10.2. The summed E-state index contributed by atoms with van der Waals surface area (Å²) in [6.45, 7) is 0.751. The Labute approximate surface area is 107 Å². The molecule has 18 heavy (non-hydrogen) atoms. The van der Waals surface area contributed by atoms with E-state index in [0.717, 1.165) is 25.7 Å². The molecule has 0 aliphatic heterocycles. The summed E-state index contributed by atoms with van der Waals surface area (Å²) in [5.74, 6) is -0.0278. The van der Waals surface area contributed by atoms with Gasteiger partial charge in [0.05, 0.1) is 12.0 Å². The maximum atomic E-state index is 12.2. The molecule has 0 aromatic rings. The van der Waals surface area contributed by atoms with Gasteiger partial charge in [-0.2, -0.15) is 0 Å². The maximum absolute atomic E-state index is 12.2. The van der Waals surface area contributed by atoms with E-state index in [1.165, 1.54) is 12.8 Å². The average Bonchev–Trinajstić information content (AvgIpc) is 2.60. The molecule has 5 N–H and O–H groups in total. The van der Waals surface area contributed by atoms with Gasteiger partial charge >= 0.3 is 6.09 Å². The predicted octanol–water partition coefficient (Wildman–Crippen LogP) is 0.497. The number of hydrogen-bond acceptors (Lipinski definition) is 4. The van der Waals surface area contributed by atoms with Crippen LogP contribution < -0.4 is 16.8 Å². The fourth-order valence-electron chi connectivity index (χ4n) is 2.43. The Morgan fingerprint density at radius 3 is 2.28 bits per heavy atom. The Kier molecular flexibility index (Phi) is 5.91. The third kappa shape index (κ3) is 4.18. The van der Waals surface area contributed by atoms with Crippen molar-refractivity contribution in [3.8, 4) is 0 Å². The van der Waals surface area contributed by atoms with Gasteiger partial charge in [0.2, 0.25) is 5.91 Å². The lowest BCUT2D eigenvalue weighted by Gasteiger charge is -2.29. The molecule has 1 aliphatic carbocycles. The zero-order valence-corrected chi connectivity index (χ0v) is 10.7. The Morgan fingerprint density at radius 1 is 1.17 bits per heavy atom. The summed E-state index contributed by atoms with van der Waals surface area (Å²) in [4.78, 5) is 22.6. The molecule has 0 atom stereocenters. The first kappa shape index (κ1) is 14.8. The van der Waals surface area contributed by atoms with Crippen LogP contribution in [0.25, 0.3) is 0 Å². The second kappa shape index (κ2) is 7.20. The molecule has 0 aromatic heterocycles. The van der Waals surface area contributed by atoms with Crippen molar-refractivity contribution in [2.45, 2.75) is 38.5 Å². The van der Waals surface area contributed by atoms with Crippen molar-refractivity contribution >= 4 is 12.0 Å². The van der Waals surface area contributed by atoms with Crippen LogP contribution in [0.15, 0.2) is 0 Å². The number of carbonyl (C=O) groups excluding carboxylic acids is 2. The molecule has 1 aliphatic rings. The van der Waals surface area contributed by atoms with Crippen LogP contribution >= 0.6 is 0 Å². The Hall–Kier alpha value is -1.30. The molecule has 0 heterocycles. The molecule has 1 fully saturated rings. The van der Waals surface area contributed by atoms with Crippen LogP contribution in [0.1, 0.15) is 38.5 Å². The SMILES string of the molecule is NCC1(C(=O)NCCOC(N)=O)CCCCCC1. The smallest absolute Gasteiger partial charge is 0.404 e. The van der Waals surface area contributed by atoms with E-state index in [0.29, 0.717) is 6.54 Å². The molecule has 6 heteroatoms. The van der Waals surface area contributed by atoms with Crippen LogP contribution in [-0.2, 0) is 9.53 Å². The monoisotopic (exact) mass is 257 g/mol. The van der Waals surface area contributed by atoms with Gasteiger partial charge in [-0.1, -0.05) is 25.7 Å². The minimum atomic E-state index is -0.827. The van der Waals surface area contributed by atoms with Crippen LogP contribution in [0.4, 0.5) is 4.79 Å². The van der Waals surface area contributed by atoms with Crippen LogP contribution in [0.3, 0.4) is 0 Å². The normalized spacial score (nSPS) is 18.7. The molecule has 0 radical (unpaired) electrons. The number of ether oxygens (including phenoxy) is 1. The van der Waals surface area contributed by atoms with E-state index in [4.69, 9.17) is 11.5 Å². The molecule has 1 saturated carbocycles. The summed E-state index contributed by atoms with van der Waals surface area (Å²) in [6.07, 6.45) is 5.27. The van der Waals surface area contributed by atoms with E-state index in [9.17, 15) is 9.59 Å². The minimum Gasteiger partial charge on any atom is -0.448 e. The maximum Gasteiger partial charge on any atom is 0.404 e. The van der Waals surface area contributed by atoms with Crippen molar-refractivity contribution in [1.29, 1.82) is 0 Å². The third-order valence-corrected chi connectivity index (χ3v) is 3.57. The van der Waals surface area contributed by atoms with Crippen molar-refractivity contribution in [2.75, 3.05) is 19.7 Å². The number of carbonyl (C=O) groups is 2. The highest BCUT2D eigenvalue weighted by Gasteiger charge is 2.36. The van der Waals surface area contributed by atoms with Gasteiger partial charge in [0.25, 0.3) is 0 Å². The molecule has 0 bridgehead atoms. The van der Waals surface area contributed by atoms with E-state index in [1.54, 1.807) is 0 Å². The van der Waals surface area contributed by atoms with Gasteiger partial charge in [-0.15, -0.1) is 0 Å². The van der Waals surface area contributed by atoms with Crippen molar-refractivity contribution in [2.24, 2.45) is 16.9 Å². The highest BCUT2D eigenvalue weighted by Crippen LogP contribution is 2.34. The van der Waals surface area contributed by atoms with Crippen LogP contribution in [0.5, 0.6) is 0 Å². The number of amides is 2. The molecule has 104 valence electrons. The number of rotatable bonds is 5. The zero-order valence-electron chi connectivity index (χ0n) is 10.7. The van der Waals surface area contributed by atoms with Crippen LogP contribution in [0, 0.1) is 5.41 Å². The molecular formula is C12H23N3O3. The van der Waals surface area contributed by atoms with E-state index >= 15 is 0 Å². The molecule has 0 spiro atoms. The number of nitrogens with two attached hydrogens (primary N) is 2. The molecule has 2 amide bonds. The Bertz CT molecular complexity index is 286. The summed E-state index contributed by atoms with van der Waals surface area (Å²) in [7, 11) is 0.